The smallest absolute Gasteiger partial charge is 0.0377 e. The van der Waals surface area contributed by atoms with Crippen molar-refractivity contribution in [2.24, 2.45) is 5.92 Å². The molecule has 1 aliphatic carbocycles. The zero-order valence-electron chi connectivity index (χ0n) is 11.9. The Morgan fingerprint density at radius 3 is 2.44 bits per heavy atom. The lowest BCUT2D eigenvalue weighted by atomic mass is 9.79. The monoisotopic (exact) mass is 251 g/mol. The summed E-state index contributed by atoms with van der Waals surface area (Å²) in [6.07, 6.45) is 7.14. The van der Waals surface area contributed by atoms with Crippen LogP contribution >= 0.6 is 0 Å². The molecule has 0 aromatic heterocycles. The van der Waals surface area contributed by atoms with Crippen molar-refractivity contribution in [1.82, 2.24) is 15.1 Å². The van der Waals surface area contributed by atoms with E-state index in [1.165, 1.54) is 71.4 Å². The van der Waals surface area contributed by atoms with Crippen LogP contribution in [0.1, 0.15) is 39.0 Å². The second-order valence-corrected chi connectivity index (χ2v) is 6.50. The largest absolute Gasteiger partial charge is 0.312 e. The van der Waals surface area contributed by atoms with Crippen LogP contribution in [0.5, 0.6) is 0 Å². The van der Waals surface area contributed by atoms with Gasteiger partial charge in [-0.25, -0.2) is 0 Å². The van der Waals surface area contributed by atoms with Gasteiger partial charge in [-0.15, -0.1) is 0 Å². The molecule has 0 amide bonds. The first-order chi connectivity index (χ1) is 8.86. The van der Waals surface area contributed by atoms with Gasteiger partial charge in [-0.2, -0.15) is 0 Å². The number of fused-ring (bicyclic) bond motifs is 3. The first-order valence-corrected chi connectivity index (χ1v) is 8.06. The van der Waals surface area contributed by atoms with Gasteiger partial charge in [0.2, 0.25) is 0 Å². The Kier molecular flexibility index (Phi) is 4.22. The van der Waals surface area contributed by atoms with E-state index in [1.807, 2.05) is 0 Å². The molecule has 0 aromatic carbocycles. The molecule has 2 bridgehead atoms. The van der Waals surface area contributed by atoms with Crippen LogP contribution in [-0.4, -0.2) is 61.2 Å². The fraction of sp³-hybridized carbons (Fsp3) is 1.00. The molecular weight excluding hydrogens is 222 g/mol. The van der Waals surface area contributed by atoms with Gasteiger partial charge in [0.25, 0.3) is 0 Å². The molecule has 3 saturated heterocycles. The Bertz CT molecular complexity index is 256. The lowest BCUT2D eigenvalue weighted by molar-refractivity contribution is -0.00891. The predicted molar refractivity (Wildman–Crippen MR) is 75.8 cm³/mol. The molecule has 3 heteroatoms. The summed E-state index contributed by atoms with van der Waals surface area (Å²) in [5.74, 6) is 1.02. The van der Waals surface area contributed by atoms with Gasteiger partial charge in [0.05, 0.1) is 0 Å². The molecule has 0 aromatic rings. The molecule has 4 rings (SSSR count). The number of rotatable bonds is 6. The molecule has 4 fully saturated rings. The van der Waals surface area contributed by atoms with Crippen molar-refractivity contribution in [2.45, 2.75) is 51.1 Å². The summed E-state index contributed by atoms with van der Waals surface area (Å²) in [4.78, 5) is 5.43. The van der Waals surface area contributed by atoms with Gasteiger partial charge < -0.3 is 5.32 Å². The summed E-state index contributed by atoms with van der Waals surface area (Å²) >= 11 is 0. The molecule has 2 atom stereocenters. The minimum Gasteiger partial charge on any atom is -0.312 e. The molecule has 18 heavy (non-hydrogen) atoms. The second-order valence-electron chi connectivity index (χ2n) is 6.50. The maximum Gasteiger partial charge on any atom is 0.0377 e. The fourth-order valence-corrected chi connectivity index (χ4v) is 3.83. The quantitative estimate of drug-likeness (QED) is 0.772. The molecule has 0 radical (unpaired) electrons. The van der Waals surface area contributed by atoms with Gasteiger partial charge in [0.1, 0.15) is 0 Å². The van der Waals surface area contributed by atoms with Crippen molar-refractivity contribution in [3.8, 4) is 0 Å². The van der Waals surface area contributed by atoms with Gasteiger partial charge in [0, 0.05) is 44.8 Å². The highest BCUT2D eigenvalue weighted by atomic mass is 15.4. The molecule has 1 N–H and O–H groups in total. The van der Waals surface area contributed by atoms with Gasteiger partial charge in [-0.05, 0) is 25.3 Å². The maximum absolute atomic E-state index is 3.85. The number of nitrogens with one attached hydrogen (secondary N) is 1. The Balaban J connectivity index is 1.59. The van der Waals surface area contributed by atoms with Crippen LogP contribution in [0.2, 0.25) is 0 Å². The summed E-state index contributed by atoms with van der Waals surface area (Å²) in [5, 5.41) is 3.85. The van der Waals surface area contributed by atoms with Crippen molar-refractivity contribution in [3.63, 3.8) is 0 Å². The maximum atomic E-state index is 3.85. The van der Waals surface area contributed by atoms with E-state index < -0.39 is 0 Å². The highest BCUT2D eigenvalue weighted by Gasteiger charge is 2.37. The third-order valence-electron chi connectivity index (χ3n) is 5.25. The molecule has 0 spiro atoms. The highest BCUT2D eigenvalue weighted by molar-refractivity contribution is 4.96. The molecule has 4 aliphatic rings. The van der Waals surface area contributed by atoms with Gasteiger partial charge in [0.15, 0.2) is 0 Å². The summed E-state index contributed by atoms with van der Waals surface area (Å²) < 4.78 is 0. The van der Waals surface area contributed by atoms with E-state index in [-0.39, 0.29) is 0 Å². The normalized spacial score (nSPS) is 37.5. The Morgan fingerprint density at radius 1 is 1.17 bits per heavy atom. The minimum absolute atomic E-state index is 0.748. The van der Waals surface area contributed by atoms with E-state index in [4.69, 9.17) is 0 Å². The fourth-order valence-electron chi connectivity index (χ4n) is 3.83. The van der Waals surface area contributed by atoms with Crippen molar-refractivity contribution in [2.75, 3.05) is 39.3 Å². The zero-order chi connectivity index (χ0) is 12.4. The third-order valence-corrected chi connectivity index (χ3v) is 5.25. The number of nitrogens with zero attached hydrogens (tertiary/aromatic N) is 2. The van der Waals surface area contributed by atoms with E-state index >= 15 is 0 Å². The number of hydrogen-bond acceptors (Lipinski definition) is 3. The van der Waals surface area contributed by atoms with Crippen molar-refractivity contribution in [1.29, 1.82) is 0 Å². The van der Waals surface area contributed by atoms with E-state index in [9.17, 15) is 0 Å². The Hall–Kier alpha value is -0.120. The van der Waals surface area contributed by atoms with Crippen LogP contribution in [0.4, 0.5) is 0 Å². The minimum atomic E-state index is 0.748. The third kappa shape index (κ3) is 2.73. The molecule has 1 saturated carbocycles. The summed E-state index contributed by atoms with van der Waals surface area (Å²) in [7, 11) is 0. The number of hydrogen-bond donors (Lipinski definition) is 1. The van der Waals surface area contributed by atoms with E-state index in [2.05, 4.69) is 22.0 Å². The molecule has 3 nitrogen and oxygen atoms in total. The van der Waals surface area contributed by atoms with Crippen LogP contribution < -0.4 is 5.32 Å². The summed E-state index contributed by atoms with van der Waals surface area (Å²) in [6, 6.07) is 1.54. The molecule has 3 aliphatic heterocycles. The Morgan fingerprint density at radius 2 is 1.94 bits per heavy atom. The lowest BCUT2D eigenvalue weighted by Gasteiger charge is -2.51. The van der Waals surface area contributed by atoms with Crippen molar-refractivity contribution < 1.29 is 0 Å². The van der Waals surface area contributed by atoms with Gasteiger partial charge in [-0.3, -0.25) is 9.80 Å². The molecule has 104 valence electrons. The lowest BCUT2D eigenvalue weighted by Crippen LogP contribution is -2.66. The summed E-state index contributed by atoms with van der Waals surface area (Å²) in [5.41, 5.74) is 0. The topological polar surface area (TPSA) is 18.5 Å². The summed E-state index contributed by atoms with van der Waals surface area (Å²) in [6.45, 7) is 10.0. The number of piperazine rings is 3. The van der Waals surface area contributed by atoms with Crippen LogP contribution in [-0.2, 0) is 0 Å². The van der Waals surface area contributed by atoms with Crippen LogP contribution in [0, 0.1) is 5.92 Å². The van der Waals surface area contributed by atoms with Crippen molar-refractivity contribution in [3.05, 3.63) is 0 Å². The van der Waals surface area contributed by atoms with Crippen LogP contribution in [0.3, 0.4) is 0 Å². The first-order valence-electron chi connectivity index (χ1n) is 8.06. The second kappa shape index (κ2) is 5.89. The standard InChI is InChI=1S/C15H29N3/c1-2-6-16-14(11-13-4-3-5-13)15-12-17-7-9-18(15)10-8-17/h13-16H,2-12H2,1H3. The Labute approximate surface area is 112 Å². The van der Waals surface area contributed by atoms with Gasteiger partial charge >= 0.3 is 0 Å². The average Bonchev–Trinajstić information content (AvgIpc) is 2.38. The van der Waals surface area contributed by atoms with Crippen LogP contribution in [0.15, 0.2) is 0 Å². The van der Waals surface area contributed by atoms with E-state index in [0.29, 0.717) is 0 Å². The molecule has 2 unspecified atom stereocenters. The first kappa shape index (κ1) is 12.9. The van der Waals surface area contributed by atoms with Crippen LogP contribution in [0.25, 0.3) is 0 Å². The molecular formula is C15H29N3. The van der Waals surface area contributed by atoms with E-state index in [1.54, 1.807) is 0 Å². The van der Waals surface area contributed by atoms with Gasteiger partial charge in [-0.1, -0.05) is 26.2 Å². The predicted octanol–water partition coefficient (Wildman–Crippen LogP) is 1.54. The molecule has 3 heterocycles. The highest BCUT2D eigenvalue weighted by Crippen LogP contribution is 2.32. The SMILES string of the molecule is CCCNC(CC1CCC1)C1CN2CCN1CC2. The zero-order valence-corrected chi connectivity index (χ0v) is 11.9. The average molecular weight is 251 g/mol. The van der Waals surface area contributed by atoms with E-state index in [0.717, 1.165) is 18.0 Å². The van der Waals surface area contributed by atoms with Crippen molar-refractivity contribution >= 4 is 0 Å².